The molecule has 3 heteroatoms. The van der Waals surface area contributed by atoms with Crippen LogP contribution in [-0.2, 0) is 4.65 Å². The Balaban J connectivity index is 2.34. The van der Waals surface area contributed by atoms with Gasteiger partial charge in [0.1, 0.15) is 0 Å². The molecule has 6 heavy (non-hydrogen) atoms. The fourth-order valence-electron chi connectivity index (χ4n) is 0.171. The largest absolute Gasteiger partial charge is 0.438 e. The summed E-state index contributed by atoms with van der Waals surface area (Å²) >= 11 is 0. The van der Waals surface area contributed by atoms with E-state index >= 15 is 0 Å². The van der Waals surface area contributed by atoms with Gasteiger partial charge in [0.2, 0.25) is 0 Å². The summed E-state index contributed by atoms with van der Waals surface area (Å²) in [7, 11) is 1.36. The van der Waals surface area contributed by atoms with Gasteiger partial charge in [-0.2, -0.15) is 0 Å². The normalized spacial score (nSPS) is 8.33. The van der Waals surface area contributed by atoms with Gasteiger partial charge in [0, 0.05) is 13.1 Å². The molecule has 35 valence electrons. The van der Waals surface area contributed by atoms with Crippen LogP contribution in [-0.4, -0.2) is 25.7 Å². The molecule has 0 saturated heterocycles. The van der Waals surface area contributed by atoms with Crippen LogP contribution in [0.1, 0.15) is 6.92 Å². The number of hydrogen-bond acceptors (Lipinski definition) is 2. The van der Waals surface area contributed by atoms with Gasteiger partial charge in [-0.25, -0.2) is 0 Å². The predicted molar refractivity (Wildman–Crippen MR) is 24.5 cm³/mol. The lowest BCUT2D eigenvalue weighted by Crippen LogP contribution is -2.02. The van der Waals surface area contributed by atoms with Gasteiger partial charge in [0.25, 0.3) is 0 Å². The van der Waals surface area contributed by atoms with Crippen LogP contribution >= 0.6 is 0 Å². The van der Waals surface area contributed by atoms with E-state index in [0.29, 0.717) is 6.61 Å². The Bertz CT molecular complexity index is 20.8. The van der Waals surface area contributed by atoms with E-state index in [-0.39, 0.29) is 6.51 Å². The van der Waals surface area contributed by atoms with Gasteiger partial charge in [-0.05, 0) is 6.92 Å². The Morgan fingerprint density at radius 3 is 2.67 bits per heavy atom. The Morgan fingerprint density at radius 1 is 1.83 bits per heavy atom. The molecule has 0 aromatic rings. The summed E-state index contributed by atoms with van der Waals surface area (Å²) in [6.45, 7) is 2.51. The molecule has 1 radical (unpaired) electrons. The number of aliphatic hydroxyl groups is 1. The van der Waals surface area contributed by atoms with Crippen molar-refractivity contribution in [2.24, 2.45) is 0 Å². The van der Waals surface area contributed by atoms with E-state index in [0.717, 1.165) is 0 Å². The molecule has 0 aromatic heterocycles. The summed E-state index contributed by atoms with van der Waals surface area (Å²) in [5.41, 5.74) is 0. The molecule has 0 amide bonds. The molecule has 0 aliphatic heterocycles. The molecule has 0 fully saturated rings. The fraction of sp³-hybridized carbons (Fsp3) is 1.00. The van der Waals surface area contributed by atoms with Crippen molar-refractivity contribution in [1.29, 1.82) is 0 Å². The second-order valence-corrected chi connectivity index (χ2v) is 0.805. The van der Waals surface area contributed by atoms with Crippen LogP contribution in [0.5, 0.6) is 0 Å². The van der Waals surface area contributed by atoms with E-state index in [1.165, 1.54) is 7.48 Å². The molecule has 2 nitrogen and oxygen atoms in total. The van der Waals surface area contributed by atoms with Crippen molar-refractivity contribution in [2.75, 3.05) is 13.1 Å². The zero-order valence-corrected chi connectivity index (χ0v) is 3.85. The van der Waals surface area contributed by atoms with Crippen molar-refractivity contribution in [3.8, 4) is 0 Å². The maximum Gasteiger partial charge on any atom is 0.320 e. The maximum absolute atomic E-state index is 8.02. The summed E-state index contributed by atoms with van der Waals surface area (Å²) in [4.78, 5) is 0. The highest BCUT2D eigenvalue weighted by atomic mass is 16.4. The molecule has 0 aliphatic rings. The lowest BCUT2D eigenvalue weighted by molar-refractivity contribution is 0.303. The average molecular weight is 86.9 g/mol. The third kappa shape index (κ3) is 3.98. The van der Waals surface area contributed by atoms with Crippen LogP contribution in [0.4, 0.5) is 0 Å². The number of rotatable bonds is 3. The van der Waals surface area contributed by atoms with Crippen LogP contribution in [0.2, 0.25) is 0 Å². The Labute approximate surface area is 38.4 Å². The standard InChI is InChI=1S/C3H8BO2/c1-2-6-4-3-5/h5H,2-3H2,1H3. The topological polar surface area (TPSA) is 29.5 Å². The maximum atomic E-state index is 8.02. The lowest BCUT2D eigenvalue weighted by atomic mass is 10.1. The van der Waals surface area contributed by atoms with Gasteiger partial charge in [0.15, 0.2) is 0 Å². The molecular formula is C3H8BO2. The van der Waals surface area contributed by atoms with Crippen molar-refractivity contribution < 1.29 is 9.76 Å². The van der Waals surface area contributed by atoms with Crippen LogP contribution in [0, 0.1) is 0 Å². The molecule has 0 unspecified atom stereocenters. The third-order valence-electron chi connectivity index (χ3n) is 0.359. The number of hydrogen-bond donors (Lipinski definition) is 1. The molecule has 0 bridgehead atoms. The fourth-order valence-corrected chi connectivity index (χ4v) is 0.171. The van der Waals surface area contributed by atoms with Crippen LogP contribution < -0.4 is 0 Å². The highest BCUT2D eigenvalue weighted by Gasteiger charge is 1.80. The van der Waals surface area contributed by atoms with Gasteiger partial charge >= 0.3 is 7.48 Å². The smallest absolute Gasteiger partial charge is 0.320 e. The van der Waals surface area contributed by atoms with E-state index < -0.39 is 0 Å². The second-order valence-electron chi connectivity index (χ2n) is 0.805. The van der Waals surface area contributed by atoms with E-state index in [4.69, 9.17) is 5.11 Å². The molecule has 0 atom stereocenters. The third-order valence-corrected chi connectivity index (χ3v) is 0.359. The van der Waals surface area contributed by atoms with Gasteiger partial charge in [-0.1, -0.05) is 0 Å². The van der Waals surface area contributed by atoms with Crippen LogP contribution in [0.25, 0.3) is 0 Å². The molecule has 0 saturated carbocycles. The molecule has 0 heterocycles. The minimum absolute atomic E-state index is 0.00778. The molecule has 1 N–H and O–H groups in total. The zero-order valence-electron chi connectivity index (χ0n) is 3.85. The van der Waals surface area contributed by atoms with Crippen molar-refractivity contribution >= 4 is 7.48 Å². The minimum Gasteiger partial charge on any atom is -0.438 e. The lowest BCUT2D eigenvalue weighted by Gasteiger charge is -1.88. The Hall–Kier alpha value is -0.0151. The molecule has 0 aliphatic carbocycles. The van der Waals surface area contributed by atoms with Gasteiger partial charge in [-0.15, -0.1) is 0 Å². The Kier molecular flexibility index (Phi) is 4.97. The first-order valence-corrected chi connectivity index (χ1v) is 1.96. The first-order chi connectivity index (χ1) is 2.91. The monoisotopic (exact) mass is 87.1 g/mol. The Morgan fingerprint density at radius 2 is 2.50 bits per heavy atom. The van der Waals surface area contributed by atoms with Crippen molar-refractivity contribution in [3.63, 3.8) is 0 Å². The average Bonchev–Trinajstić information content (AvgIpc) is 1.61. The van der Waals surface area contributed by atoms with Crippen LogP contribution in [0.15, 0.2) is 0 Å². The van der Waals surface area contributed by atoms with Crippen molar-refractivity contribution in [2.45, 2.75) is 6.92 Å². The van der Waals surface area contributed by atoms with Crippen molar-refractivity contribution in [1.82, 2.24) is 0 Å². The number of aliphatic hydroxyl groups excluding tert-OH is 1. The van der Waals surface area contributed by atoms with Crippen LogP contribution in [0.3, 0.4) is 0 Å². The van der Waals surface area contributed by atoms with Gasteiger partial charge < -0.3 is 9.76 Å². The molecule has 0 spiro atoms. The first kappa shape index (κ1) is 5.98. The SMILES string of the molecule is CCO[B]CO. The minimum atomic E-state index is 0.00778. The summed E-state index contributed by atoms with van der Waals surface area (Å²) in [5.74, 6) is 0. The van der Waals surface area contributed by atoms with E-state index in [1.807, 2.05) is 6.92 Å². The second kappa shape index (κ2) is 4.98. The first-order valence-electron chi connectivity index (χ1n) is 1.96. The summed E-state index contributed by atoms with van der Waals surface area (Å²) in [6.07, 6.45) is 0. The van der Waals surface area contributed by atoms with E-state index in [9.17, 15) is 0 Å². The molecular weight excluding hydrogens is 78.8 g/mol. The quantitative estimate of drug-likeness (QED) is 0.374. The summed E-state index contributed by atoms with van der Waals surface area (Å²) in [6, 6.07) is 0. The molecule has 0 rings (SSSR count). The summed E-state index contributed by atoms with van der Waals surface area (Å²) in [5, 5.41) is 8.02. The molecule has 0 aromatic carbocycles. The van der Waals surface area contributed by atoms with E-state index in [1.54, 1.807) is 0 Å². The van der Waals surface area contributed by atoms with E-state index in [2.05, 4.69) is 4.65 Å². The highest BCUT2D eigenvalue weighted by molar-refractivity contribution is 6.26. The predicted octanol–water partition coefficient (Wildman–Crippen LogP) is -0.408. The van der Waals surface area contributed by atoms with Crippen molar-refractivity contribution in [3.05, 3.63) is 0 Å². The van der Waals surface area contributed by atoms with Gasteiger partial charge in [0.05, 0.1) is 0 Å². The summed E-state index contributed by atoms with van der Waals surface area (Å²) < 4.78 is 4.61. The highest BCUT2D eigenvalue weighted by Crippen LogP contribution is 1.62. The van der Waals surface area contributed by atoms with Gasteiger partial charge in [-0.3, -0.25) is 0 Å². The zero-order chi connectivity index (χ0) is 4.83.